The summed E-state index contributed by atoms with van der Waals surface area (Å²) in [6, 6.07) is 9.82. The maximum atomic E-state index is 8.67. The predicted octanol–water partition coefficient (Wildman–Crippen LogP) is 0.913. The fraction of sp³-hybridized carbons (Fsp3) is 0.455. The maximum absolute atomic E-state index is 8.67. The first-order valence-electron chi connectivity index (χ1n) is 4.81. The fourth-order valence-electron chi connectivity index (χ4n) is 1.09. The third-order valence-corrected chi connectivity index (χ3v) is 1.98. The van der Waals surface area contributed by atoms with Gasteiger partial charge in [-0.1, -0.05) is 30.3 Å². The molecule has 0 aliphatic heterocycles. The summed E-state index contributed by atoms with van der Waals surface area (Å²) in [7, 11) is 0. The summed E-state index contributed by atoms with van der Waals surface area (Å²) >= 11 is 0. The molecule has 1 aromatic rings. The van der Waals surface area contributed by atoms with Crippen molar-refractivity contribution >= 4 is 0 Å². The maximum Gasteiger partial charge on any atom is 0.0716 e. The molecule has 0 aliphatic rings. The first-order chi connectivity index (χ1) is 6.83. The van der Waals surface area contributed by atoms with Crippen LogP contribution in [-0.4, -0.2) is 24.4 Å². The topological polar surface area (TPSA) is 55.5 Å². The van der Waals surface area contributed by atoms with Crippen LogP contribution in [0, 0.1) is 0 Å². The first kappa shape index (κ1) is 11.2. The van der Waals surface area contributed by atoms with Crippen LogP contribution < -0.4 is 5.73 Å². The third kappa shape index (κ3) is 4.37. The number of hydrogen-bond acceptors (Lipinski definition) is 3. The van der Waals surface area contributed by atoms with Crippen molar-refractivity contribution in [3.63, 3.8) is 0 Å². The number of hydrogen-bond donors (Lipinski definition) is 2. The van der Waals surface area contributed by atoms with E-state index in [4.69, 9.17) is 15.6 Å². The number of nitrogens with two attached hydrogens (primary N) is 1. The molecule has 0 fully saturated rings. The van der Waals surface area contributed by atoms with Gasteiger partial charge in [0.15, 0.2) is 0 Å². The highest BCUT2D eigenvalue weighted by atomic mass is 16.5. The van der Waals surface area contributed by atoms with Gasteiger partial charge in [-0.25, -0.2) is 0 Å². The summed E-state index contributed by atoms with van der Waals surface area (Å²) < 4.78 is 5.40. The van der Waals surface area contributed by atoms with Crippen LogP contribution in [0.1, 0.15) is 12.0 Å². The Labute approximate surface area is 84.5 Å². The number of ether oxygens (including phenoxy) is 1. The van der Waals surface area contributed by atoms with Gasteiger partial charge in [-0.05, 0) is 12.0 Å². The molecule has 0 bridgehead atoms. The summed E-state index contributed by atoms with van der Waals surface area (Å²) in [5.74, 6) is 0. The van der Waals surface area contributed by atoms with Gasteiger partial charge in [0, 0.05) is 12.6 Å². The Morgan fingerprint density at radius 1 is 1.29 bits per heavy atom. The van der Waals surface area contributed by atoms with Gasteiger partial charge < -0.3 is 15.6 Å². The Kier molecular flexibility index (Phi) is 5.22. The van der Waals surface area contributed by atoms with Gasteiger partial charge in [0.25, 0.3) is 0 Å². The lowest BCUT2D eigenvalue weighted by molar-refractivity contribution is 0.107. The fourth-order valence-corrected chi connectivity index (χ4v) is 1.09. The molecule has 0 aliphatic carbocycles. The molecule has 1 rings (SSSR count). The number of aliphatic hydroxyl groups is 1. The molecule has 3 N–H and O–H groups in total. The Morgan fingerprint density at radius 3 is 2.64 bits per heavy atom. The molecule has 0 radical (unpaired) electrons. The molecule has 0 amide bonds. The number of aliphatic hydroxyl groups excluding tert-OH is 1. The molecule has 1 atom stereocenters. The van der Waals surface area contributed by atoms with E-state index in [2.05, 4.69) is 0 Å². The third-order valence-electron chi connectivity index (χ3n) is 1.98. The Morgan fingerprint density at radius 2 is 2.00 bits per heavy atom. The van der Waals surface area contributed by atoms with E-state index in [0.29, 0.717) is 19.6 Å². The van der Waals surface area contributed by atoms with Gasteiger partial charge >= 0.3 is 0 Å². The minimum Gasteiger partial charge on any atom is -0.395 e. The monoisotopic (exact) mass is 195 g/mol. The minimum atomic E-state index is -0.161. The van der Waals surface area contributed by atoms with Crippen molar-refractivity contribution in [3.8, 4) is 0 Å². The molecule has 0 heterocycles. The minimum absolute atomic E-state index is 0.0225. The molecule has 1 aromatic carbocycles. The van der Waals surface area contributed by atoms with Crippen LogP contribution in [0.3, 0.4) is 0 Å². The molecular formula is C11H17NO2. The highest BCUT2D eigenvalue weighted by Crippen LogP contribution is 2.01. The molecule has 14 heavy (non-hydrogen) atoms. The van der Waals surface area contributed by atoms with Gasteiger partial charge in [0.1, 0.15) is 0 Å². The van der Waals surface area contributed by atoms with Crippen molar-refractivity contribution in [1.29, 1.82) is 0 Å². The van der Waals surface area contributed by atoms with E-state index in [1.165, 1.54) is 0 Å². The van der Waals surface area contributed by atoms with E-state index >= 15 is 0 Å². The van der Waals surface area contributed by atoms with Crippen LogP contribution in [0.15, 0.2) is 30.3 Å². The van der Waals surface area contributed by atoms with Crippen LogP contribution in [0.5, 0.6) is 0 Å². The second kappa shape index (κ2) is 6.54. The van der Waals surface area contributed by atoms with E-state index in [1.54, 1.807) is 0 Å². The quantitative estimate of drug-likeness (QED) is 0.663. The average molecular weight is 195 g/mol. The van der Waals surface area contributed by atoms with E-state index in [9.17, 15) is 0 Å². The standard InChI is InChI=1S/C11H17NO2/c12-11(8-13)6-7-14-9-10-4-2-1-3-5-10/h1-5,11,13H,6-9,12H2/t11-/m0/s1. The zero-order valence-corrected chi connectivity index (χ0v) is 8.23. The second-order valence-corrected chi connectivity index (χ2v) is 3.27. The predicted molar refractivity (Wildman–Crippen MR) is 55.8 cm³/mol. The smallest absolute Gasteiger partial charge is 0.0716 e. The van der Waals surface area contributed by atoms with Crippen molar-refractivity contribution in [3.05, 3.63) is 35.9 Å². The molecule has 3 heteroatoms. The molecular weight excluding hydrogens is 178 g/mol. The van der Waals surface area contributed by atoms with Gasteiger partial charge in [-0.15, -0.1) is 0 Å². The van der Waals surface area contributed by atoms with Gasteiger partial charge in [0.2, 0.25) is 0 Å². The number of rotatable bonds is 6. The van der Waals surface area contributed by atoms with Crippen LogP contribution in [0.4, 0.5) is 0 Å². The molecule has 3 nitrogen and oxygen atoms in total. The normalized spacial score (nSPS) is 12.7. The van der Waals surface area contributed by atoms with Crippen LogP contribution in [-0.2, 0) is 11.3 Å². The molecule has 0 unspecified atom stereocenters. The van der Waals surface area contributed by atoms with Gasteiger partial charge in [0.05, 0.1) is 13.2 Å². The Bertz CT molecular complexity index is 238. The van der Waals surface area contributed by atoms with E-state index in [0.717, 1.165) is 5.56 Å². The van der Waals surface area contributed by atoms with Gasteiger partial charge in [-0.2, -0.15) is 0 Å². The summed E-state index contributed by atoms with van der Waals surface area (Å²) in [5, 5.41) is 8.67. The molecule has 0 saturated carbocycles. The summed E-state index contributed by atoms with van der Waals surface area (Å²) in [6.07, 6.45) is 0.698. The van der Waals surface area contributed by atoms with Crippen molar-refractivity contribution in [2.75, 3.05) is 13.2 Å². The van der Waals surface area contributed by atoms with Crippen LogP contribution in [0.2, 0.25) is 0 Å². The average Bonchev–Trinajstić information content (AvgIpc) is 2.25. The zero-order chi connectivity index (χ0) is 10.2. The molecule has 0 spiro atoms. The second-order valence-electron chi connectivity index (χ2n) is 3.27. The van der Waals surface area contributed by atoms with Crippen molar-refractivity contribution < 1.29 is 9.84 Å². The first-order valence-corrected chi connectivity index (χ1v) is 4.81. The lowest BCUT2D eigenvalue weighted by Gasteiger charge is -2.08. The van der Waals surface area contributed by atoms with Crippen molar-refractivity contribution in [1.82, 2.24) is 0 Å². The van der Waals surface area contributed by atoms with E-state index in [1.807, 2.05) is 30.3 Å². The van der Waals surface area contributed by atoms with E-state index < -0.39 is 0 Å². The zero-order valence-electron chi connectivity index (χ0n) is 8.23. The lowest BCUT2D eigenvalue weighted by atomic mass is 10.2. The lowest BCUT2D eigenvalue weighted by Crippen LogP contribution is -2.25. The summed E-state index contributed by atoms with van der Waals surface area (Å²) in [4.78, 5) is 0. The highest BCUT2D eigenvalue weighted by Gasteiger charge is 1.99. The van der Waals surface area contributed by atoms with Gasteiger partial charge in [-0.3, -0.25) is 0 Å². The van der Waals surface area contributed by atoms with E-state index in [-0.39, 0.29) is 12.6 Å². The molecule has 78 valence electrons. The Hall–Kier alpha value is -0.900. The van der Waals surface area contributed by atoms with Crippen LogP contribution >= 0.6 is 0 Å². The van der Waals surface area contributed by atoms with Crippen LogP contribution in [0.25, 0.3) is 0 Å². The SMILES string of the molecule is N[C@H](CO)CCOCc1ccccc1. The highest BCUT2D eigenvalue weighted by molar-refractivity contribution is 5.13. The molecule has 0 saturated heterocycles. The number of benzene rings is 1. The largest absolute Gasteiger partial charge is 0.395 e. The summed E-state index contributed by atoms with van der Waals surface area (Å²) in [6.45, 7) is 1.23. The van der Waals surface area contributed by atoms with Crippen molar-refractivity contribution in [2.24, 2.45) is 5.73 Å². The Balaban J connectivity index is 2.10. The summed E-state index contributed by atoms with van der Waals surface area (Å²) in [5.41, 5.74) is 6.68. The molecule has 0 aromatic heterocycles. The van der Waals surface area contributed by atoms with Crippen molar-refractivity contribution in [2.45, 2.75) is 19.1 Å².